The molecule has 2 aromatic rings. The first-order chi connectivity index (χ1) is 6.74. The molecule has 2 rings (SSSR count). The van der Waals surface area contributed by atoms with Crippen molar-refractivity contribution < 1.29 is 15.0 Å². The number of carboxylic acid groups (broad SMARTS) is 1. The van der Waals surface area contributed by atoms with Crippen LogP contribution in [0.4, 0.5) is 0 Å². The van der Waals surface area contributed by atoms with Crippen LogP contribution in [0.2, 0.25) is 0 Å². The summed E-state index contributed by atoms with van der Waals surface area (Å²) >= 11 is 0. The van der Waals surface area contributed by atoms with Crippen molar-refractivity contribution in [1.29, 1.82) is 0 Å². The molecule has 5 heteroatoms. The first-order valence-corrected chi connectivity index (χ1v) is 4.03. The van der Waals surface area contributed by atoms with E-state index in [1.807, 2.05) is 0 Å². The van der Waals surface area contributed by atoms with Gasteiger partial charge in [0.05, 0.1) is 18.5 Å². The van der Waals surface area contributed by atoms with E-state index in [9.17, 15) is 4.79 Å². The van der Waals surface area contributed by atoms with E-state index in [0.29, 0.717) is 11.3 Å². The number of carbonyl (C=O) groups is 1. The largest absolute Gasteiger partial charge is 0.477 e. The van der Waals surface area contributed by atoms with Crippen LogP contribution in [0.15, 0.2) is 24.4 Å². The lowest BCUT2D eigenvalue weighted by molar-refractivity contribution is 0.0688. The van der Waals surface area contributed by atoms with Gasteiger partial charge in [-0.3, -0.25) is 4.40 Å². The summed E-state index contributed by atoms with van der Waals surface area (Å²) in [6.07, 6.45) is 1.46. The SMILES string of the molecule is O=C(O)c1cccc2ncc(CO)n12. The molecule has 0 spiro atoms. The van der Waals surface area contributed by atoms with E-state index in [-0.39, 0.29) is 12.3 Å². The highest BCUT2D eigenvalue weighted by molar-refractivity contribution is 5.86. The number of hydrogen-bond donors (Lipinski definition) is 2. The monoisotopic (exact) mass is 192 g/mol. The number of aromatic nitrogens is 2. The average molecular weight is 192 g/mol. The Labute approximate surface area is 79.2 Å². The number of hydrogen-bond acceptors (Lipinski definition) is 3. The topological polar surface area (TPSA) is 74.8 Å². The second kappa shape index (κ2) is 3.12. The molecule has 0 unspecified atom stereocenters. The molecule has 2 heterocycles. The van der Waals surface area contributed by atoms with Crippen molar-refractivity contribution in [3.05, 3.63) is 35.8 Å². The molecule has 0 aliphatic heterocycles. The lowest BCUT2D eigenvalue weighted by Gasteiger charge is -2.02. The number of fused-ring (bicyclic) bond motifs is 1. The van der Waals surface area contributed by atoms with Crippen molar-refractivity contribution in [2.24, 2.45) is 0 Å². The van der Waals surface area contributed by atoms with Gasteiger partial charge in [0.2, 0.25) is 0 Å². The minimum absolute atomic E-state index is 0.101. The summed E-state index contributed by atoms with van der Waals surface area (Å²) < 4.78 is 1.42. The maximum Gasteiger partial charge on any atom is 0.352 e. The normalized spacial score (nSPS) is 10.6. The van der Waals surface area contributed by atoms with Gasteiger partial charge in [-0.2, -0.15) is 0 Å². The highest BCUT2D eigenvalue weighted by atomic mass is 16.4. The molecule has 0 aliphatic carbocycles. The minimum atomic E-state index is -1.04. The summed E-state index contributed by atoms with van der Waals surface area (Å²) in [6.45, 7) is -0.231. The molecule has 14 heavy (non-hydrogen) atoms. The fourth-order valence-corrected chi connectivity index (χ4v) is 1.38. The van der Waals surface area contributed by atoms with E-state index in [4.69, 9.17) is 10.2 Å². The number of carboxylic acids is 1. The molecule has 2 N–H and O–H groups in total. The molecular weight excluding hydrogens is 184 g/mol. The maximum absolute atomic E-state index is 10.9. The third kappa shape index (κ3) is 1.14. The number of imidazole rings is 1. The van der Waals surface area contributed by atoms with E-state index in [0.717, 1.165) is 0 Å². The first kappa shape index (κ1) is 8.71. The molecule has 0 aliphatic rings. The molecule has 2 aromatic heterocycles. The Morgan fingerprint density at radius 2 is 2.29 bits per heavy atom. The number of aromatic carboxylic acids is 1. The number of rotatable bonds is 2. The maximum atomic E-state index is 10.9. The molecular formula is C9H8N2O3. The fourth-order valence-electron chi connectivity index (χ4n) is 1.38. The van der Waals surface area contributed by atoms with Gasteiger partial charge >= 0.3 is 5.97 Å². The molecule has 0 saturated carbocycles. The second-order valence-electron chi connectivity index (χ2n) is 2.82. The fraction of sp³-hybridized carbons (Fsp3) is 0.111. The predicted octanol–water partition coefficient (Wildman–Crippen LogP) is 0.525. The van der Waals surface area contributed by atoms with Gasteiger partial charge in [0, 0.05) is 0 Å². The van der Waals surface area contributed by atoms with Gasteiger partial charge in [0.1, 0.15) is 11.3 Å². The second-order valence-corrected chi connectivity index (χ2v) is 2.82. The Bertz CT molecular complexity index is 490. The van der Waals surface area contributed by atoms with Crippen molar-refractivity contribution in [3.8, 4) is 0 Å². The van der Waals surface area contributed by atoms with Crippen LogP contribution in [0.3, 0.4) is 0 Å². The minimum Gasteiger partial charge on any atom is -0.477 e. The Kier molecular flexibility index (Phi) is 1.94. The standard InChI is InChI=1S/C9H8N2O3/c12-5-6-4-10-8-3-1-2-7(9(13)14)11(6)8/h1-4,12H,5H2,(H,13,14). The highest BCUT2D eigenvalue weighted by Gasteiger charge is 2.11. The van der Waals surface area contributed by atoms with Crippen molar-refractivity contribution >= 4 is 11.6 Å². The quantitative estimate of drug-likeness (QED) is 0.727. The van der Waals surface area contributed by atoms with Crippen LogP contribution < -0.4 is 0 Å². The van der Waals surface area contributed by atoms with Crippen LogP contribution in [0.1, 0.15) is 16.2 Å². The Morgan fingerprint density at radius 3 is 2.93 bits per heavy atom. The molecule has 0 fully saturated rings. The molecule has 0 aromatic carbocycles. The summed E-state index contributed by atoms with van der Waals surface area (Å²) in [5.41, 5.74) is 1.09. The Balaban J connectivity index is 2.81. The molecule has 0 amide bonds. The van der Waals surface area contributed by atoms with Crippen molar-refractivity contribution in [3.63, 3.8) is 0 Å². The van der Waals surface area contributed by atoms with Crippen molar-refractivity contribution in [2.75, 3.05) is 0 Å². The van der Waals surface area contributed by atoms with Crippen LogP contribution in [0.5, 0.6) is 0 Å². The molecule has 0 radical (unpaired) electrons. The average Bonchev–Trinajstić information content (AvgIpc) is 2.59. The molecule has 0 saturated heterocycles. The highest BCUT2D eigenvalue weighted by Crippen LogP contribution is 2.10. The van der Waals surface area contributed by atoms with Gasteiger partial charge in [-0.15, -0.1) is 0 Å². The van der Waals surface area contributed by atoms with Crippen LogP contribution in [-0.2, 0) is 6.61 Å². The van der Waals surface area contributed by atoms with Crippen LogP contribution in [0, 0.1) is 0 Å². The van der Waals surface area contributed by atoms with E-state index >= 15 is 0 Å². The summed E-state index contributed by atoms with van der Waals surface area (Å²) in [4.78, 5) is 14.8. The lowest BCUT2D eigenvalue weighted by atomic mass is 10.3. The Hall–Kier alpha value is -1.88. The first-order valence-electron chi connectivity index (χ1n) is 4.03. The molecule has 5 nitrogen and oxygen atoms in total. The van der Waals surface area contributed by atoms with Gasteiger partial charge in [-0.1, -0.05) is 6.07 Å². The van der Waals surface area contributed by atoms with Gasteiger partial charge in [0.25, 0.3) is 0 Å². The number of nitrogens with zero attached hydrogens (tertiary/aromatic N) is 2. The van der Waals surface area contributed by atoms with Gasteiger partial charge in [-0.05, 0) is 12.1 Å². The number of pyridine rings is 1. The summed E-state index contributed by atoms with van der Waals surface area (Å²) in [5, 5.41) is 17.9. The summed E-state index contributed by atoms with van der Waals surface area (Å²) in [6, 6.07) is 4.77. The van der Waals surface area contributed by atoms with Crippen LogP contribution in [-0.4, -0.2) is 25.6 Å². The number of aliphatic hydroxyl groups excluding tert-OH is 1. The predicted molar refractivity (Wildman–Crippen MR) is 48.1 cm³/mol. The van der Waals surface area contributed by atoms with Crippen molar-refractivity contribution in [1.82, 2.24) is 9.38 Å². The smallest absolute Gasteiger partial charge is 0.352 e. The van der Waals surface area contributed by atoms with Crippen LogP contribution >= 0.6 is 0 Å². The third-order valence-corrected chi connectivity index (χ3v) is 1.98. The lowest BCUT2D eigenvalue weighted by Crippen LogP contribution is -2.06. The zero-order valence-electron chi connectivity index (χ0n) is 7.21. The third-order valence-electron chi connectivity index (χ3n) is 1.98. The number of aliphatic hydroxyl groups is 1. The Morgan fingerprint density at radius 1 is 1.50 bits per heavy atom. The van der Waals surface area contributed by atoms with Gasteiger partial charge < -0.3 is 10.2 Å². The van der Waals surface area contributed by atoms with Gasteiger partial charge in [0.15, 0.2) is 0 Å². The zero-order valence-corrected chi connectivity index (χ0v) is 7.21. The molecule has 0 bridgehead atoms. The van der Waals surface area contributed by atoms with Crippen molar-refractivity contribution in [2.45, 2.75) is 6.61 Å². The summed E-state index contributed by atoms with van der Waals surface area (Å²) in [5.74, 6) is -1.04. The van der Waals surface area contributed by atoms with Gasteiger partial charge in [-0.25, -0.2) is 9.78 Å². The van der Waals surface area contributed by atoms with E-state index in [1.165, 1.54) is 16.7 Å². The molecule has 0 atom stereocenters. The molecule has 72 valence electrons. The van der Waals surface area contributed by atoms with E-state index < -0.39 is 5.97 Å². The van der Waals surface area contributed by atoms with E-state index in [2.05, 4.69) is 4.98 Å². The van der Waals surface area contributed by atoms with Crippen LogP contribution in [0.25, 0.3) is 5.65 Å². The van der Waals surface area contributed by atoms with E-state index in [1.54, 1.807) is 12.1 Å². The zero-order chi connectivity index (χ0) is 10.1. The summed E-state index contributed by atoms with van der Waals surface area (Å²) in [7, 11) is 0.